The van der Waals surface area contributed by atoms with Crippen LogP contribution in [0.25, 0.3) is 0 Å². The number of hydrogen-bond donors (Lipinski definition) is 1. The van der Waals surface area contributed by atoms with Gasteiger partial charge in [-0.3, -0.25) is 19.4 Å². The first-order chi connectivity index (χ1) is 18.5. The molecule has 38 heavy (non-hydrogen) atoms. The van der Waals surface area contributed by atoms with Gasteiger partial charge in [0.25, 0.3) is 5.91 Å². The Labute approximate surface area is 224 Å². The van der Waals surface area contributed by atoms with Crippen molar-refractivity contribution in [3.05, 3.63) is 95.8 Å². The maximum atomic E-state index is 14.1. The van der Waals surface area contributed by atoms with Crippen LogP contribution in [0, 0.1) is 0 Å². The molecule has 3 amide bonds. The molecule has 2 atom stereocenters. The number of piperidine rings is 1. The van der Waals surface area contributed by atoms with Crippen molar-refractivity contribution in [2.24, 2.45) is 0 Å². The number of hydrogen-bond acceptors (Lipinski definition) is 4. The van der Waals surface area contributed by atoms with Gasteiger partial charge in [0.05, 0.1) is 6.04 Å². The van der Waals surface area contributed by atoms with Gasteiger partial charge >= 0.3 is 0 Å². The van der Waals surface area contributed by atoms with E-state index < -0.39 is 6.04 Å². The van der Waals surface area contributed by atoms with Gasteiger partial charge in [-0.15, -0.1) is 0 Å². The molecule has 0 aliphatic carbocycles. The van der Waals surface area contributed by atoms with E-state index in [4.69, 9.17) is 0 Å². The monoisotopic (exact) mass is 512 g/mol. The summed E-state index contributed by atoms with van der Waals surface area (Å²) in [4.78, 5) is 47.8. The molecule has 2 heterocycles. The average molecular weight is 513 g/mol. The predicted molar refractivity (Wildman–Crippen MR) is 149 cm³/mol. The number of likely N-dealkylation sites (tertiary alicyclic amines) is 1. The minimum Gasteiger partial charge on any atom is -0.336 e. The molecule has 1 aliphatic rings. The van der Waals surface area contributed by atoms with Crippen LogP contribution in [0.15, 0.2) is 79.1 Å². The van der Waals surface area contributed by atoms with Crippen LogP contribution in [0.5, 0.6) is 0 Å². The highest BCUT2D eigenvalue weighted by molar-refractivity contribution is 6.00. The second kappa shape index (κ2) is 13.0. The Morgan fingerprint density at radius 3 is 2.61 bits per heavy atom. The van der Waals surface area contributed by atoms with Crippen molar-refractivity contribution in [2.75, 3.05) is 18.5 Å². The first-order valence-corrected chi connectivity index (χ1v) is 13.4. The Hall–Kier alpha value is -4.00. The first-order valence-electron chi connectivity index (χ1n) is 13.4. The van der Waals surface area contributed by atoms with Crippen LogP contribution >= 0.6 is 0 Å². The third-order valence-electron chi connectivity index (χ3n) is 7.12. The fraction of sp³-hybridized carbons (Fsp3) is 0.355. The molecular formula is C31H36N4O3. The second-order valence-electron chi connectivity index (χ2n) is 9.75. The molecule has 1 fully saturated rings. The molecule has 4 rings (SSSR count). The smallest absolute Gasteiger partial charge is 0.252 e. The average Bonchev–Trinajstić information content (AvgIpc) is 2.98. The van der Waals surface area contributed by atoms with Gasteiger partial charge in [0.1, 0.15) is 6.04 Å². The summed E-state index contributed by atoms with van der Waals surface area (Å²) >= 11 is 0. The van der Waals surface area contributed by atoms with E-state index in [2.05, 4.69) is 10.3 Å². The SMILES string of the molecule is CCCCC(=O)N(C)c1cccc(C(=O)N[C@H](C(=O)N2CCCC[C@@H]2c2cccnc2)c2ccccc2)c1. The summed E-state index contributed by atoms with van der Waals surface area (Å²) in [6.45, 7) is 2.67. The largest absolute Gasteiger partial charge is 0.336 e. The molecular weight excluding hydrogens is 476 g/mol. The lowest BCUT2D eigenvalue weighted by Crippen LogP contribution is -2.46. The zero-order chi connectivity index (χ0) is 26.9. The zero-order valence-corrected chi connectivity index (χ0v) is 22.2. The number of anilines is 1. The summed E-state index contributed by atoms with van der Waals surface area (Å²) < 4.78 is 0. The van der Waals surface area contributed by atoms with E-state index >= 15 is 0 Å². The summed E-state index contributed by atoms with van der Waals surface area (Å²) in [5.74, 6) is -0.493. The Balaban J connectivity index is 1.58. The number of rotatable bonds is 9. The van der Waals surface area contributed by atoms with E-state index in [0.29, 0.717) is 24.2 Å². The minimum absolute atomic E-state index is 0.00768. The lowest BCUT2D eigenvalue weighted by atomic mass is 9.94. The third kappa shape index (κ3) is 6.46. The Bertz CT molecular complexity index is 1230. The molecule has 0 saturated carbocycles. The molecule has 3 aromatic rings. The topological polar surface area (TPSA) is 82.6 Å². The van der Waals surface area contributed by atoms with Crippen LogP contribution in [0.2, 0.25) is 0 Å². The van der Waals surface area contributed by atoms with Crippen molar-refractivity contribution in [3.63, 3.8) is 0 Å². The van der Waals surface area contributed by atoms with E-state index in [-0.39, 0.29) is 23.8 Å². The molecule has 198 valence electrons. The molecule has 1 N–H and O–H groups in total. The number of nitrogens with zero attached hydrogens (tertiary/aromatic N) is 3. The van der Waals surface area contributed by atoms with Crippen LogP contribution in [0.1, 0.15) is 79.0 Å². The van der Waals surface area contributed by atoms with Crippen molar-refractivity contribution < 1.29 is 14.4 Å². The number of carbonyl (C=O) groups is 3. The van der Waals surface area contributed by atoms with Crippen LogP contribution in [0.4, 0.5) is 5.69 Å². The normalized spacial score (nSPS) is 15.9. The molecule has 0 radical (unpaired) electrons. The molecule has 0 bridgehead atoms. The van der Waals surface area contributed by atoms with Crippen molar-refractivity contribution in [3.8, 4) is 0 Å². The summed E-state index contributed by atoms with van der Waals surface area (Å²) in [7, 11) is 1.72. The predicted octanol–water partition coefficient (Wildman–Crippen LogP) is 5.46. The maximum absolute atomic E-state index is 14.1. The number of unbranched alkanes of at least 4 members (excludes halogenated alkanes) is 1. The van der Waals surface area contributed by atoms with E-state index in [9.17, 15) is 14.4 Å². The molecule has 1 saturated heterocycles. The first kappa shape index (κ1) is 27.0. The standard InChI is InChI=1S/C31H36N4O3/c1-3-4-18-28(36)34(2)26-16-10-14-24(21-26)30(37)33-29(23-12-6-5-7-13-23)31(38)35-20-9-8-17-27(35)25-15-11-19-32-22-25/h5-7,10-16,19,21-22,27,29H,3-4,8-9,17-18,20H2,1-2H3,(H,33,37)/t27-,29+/m1/s1. The number of amides is 3. The quantitative estimate of drug-likeness (QED) is 0.413. The van der Waals surface area contributed by atoms with Gasteiger partial charge in [-0.1, -0.05) is 55.8 Å². The lowest BCUT2D eigenvalue weighted by molar-refractivity contribution is -0.137. The molecule has 2 aromatic carbocycles. The Morgan fingerprint density at radius 2 is 1.87 bits per heavy atom. The fourth-order valence-electron chi connectivity index (χ4n) is 4.92. The molecule has 1 aromatic heterocycles. The fourth-order valence-corrected chi connectivity index (χ4v) is 4.92. The van der Waals surface area contributed by atoms with Gasteiger partial charge in [-0.05, 0) is 61.1 Å². The Kier molecular flexibility index (Phi) is 9.25. The molecule has 7 heteroatoms. The number of nitrogens with one attached hydrogen (secondary N) is 1. The zero-order valence-electron chi connectivity index (χ0n) is 22.2. The van der Waals surface area contributed by atoms with Gasteiger partial charge < -0.3 is 15.1 Å². The summed E-state index contributed by atoms with van der Waals surface area (Å²) in [5, 5.41) is 3.00. The molecule has 1 aliphatic heterocycles. The van der Waals surface area contributed by atoms with Crippen molar-refractivity contribution in [1.82, 2.24) is 15.2 Å². The van der Waals surface area contributed by atoms with Gasteiger partial charge in [-0.25, -0.2) is 0 Å². The van der Waals surface area contributed by atoms with Crippen LogP contribution in [-0.4, -0.2) is 41.2 Å². The highest BCUT2D eigenvalue weighted by atomic mass is 16.2. The highest BCUT2D eigenvalue weighted by Gasteiger charge is 2.34. The summed E-state index contributed by atoms with van der Waals surface area (Å²) in [6, 6.07) is 19.3. The van der Waals surface area contributed by atoms with Crippen molar-refractivity contribution in [1.29, 1.82) is 0 Å². The van der Waals surface area contributed by atoms with Crippen LogP contribution in [-0.2, 0) is 9.59 Å². The van der Waals surface area contributed by atoms with E-state index in [0.717, 1.165) is 43.2 Å². The van der Waals surface area contributed by atoms with E-state index in [1.807, 2.05) is 66.6 Å². The van der Waals surface area contributed by atoms with Gasteiger partial charge in [0.15, 0.2) is 0 Å². The van der Waals surface area contributed by atoms with Crippen molar-refractivity contribution in [2.45, 2.75) is 57.5 Å². The van der Waals surface area contributed by atoms with Crippen LogP contribution < -0.4 is 10.2 Å². The Morgan fingerprint density at radius 1 is 1.05 bits per heavy atom. The lowest BCUT2D eigenvalue weighted by Gasteiger charge is -2.38. The molecule has 7 nitrogen and oxygen atoms in total. The molecule has 0 unspecified atom stereocenters. The van der Waals surface area contributed by atoms with Gasteiger partial charge in [0, 0.05) is 43.7 Å². The van der Waals surface area contributed by atoms with E-state index in [1.165, 1.54) is 0 Å². The van der Waals surface area contributed by atoms with Gasteiger partial charge in [0.2, 0.25) is 11.8 Å². The number of benzene rings is 2. The van der Waals surface area contributed by atoms with Crippen LogP contribution in [0.3, 0.4) is 0 Å². The van der Waals surface area contributed by atoms with Gasteiger partial charge in [-0.2, -0.15) is 0 Å². The van der Waals surface area contributed by atoms with E-state index in [1.54, 1.807) is 36.3 Å². The number of aromatic nitrogens is 1. The molecule has 0 spiro atoms. The number of carbonyl (C=O) groups excluding carboxylic acids is 3. The third-order valence-corrected chi connectivity index (χ3v) is 7.12. The second-order valence-corrected chi connectivity index (χ2v) is 9.75. The summed E-state index contributed by atoms with van der Waals surface area (Å²) in [5.41, 5.74) is 2.77. The van der Waals surface area contributed by atoms with Crippen molar-refractivity contribution >= 4 is 23.4 Å². The minimum atomic E-state index is -0.839. The maximum Gasteiger partial charge on any atom is 0.252 e. The summed E-state index contributed by atoms with van der Waals surface area (Å²) in [6.07, 6.45) is 8.57. The highest BCUT2D eigenvalue weighted by Crippen LogP contribution is 2.33. The number of pyridine rings is 1.